The quantitative estimate of drug-likeness (QED) is 0.225. The van der Waals surface area contributed by atoms with Crippen LogP contribution in [-0.4, -0.2) is 46.1 Å². The number of benzene rings is 2. The van der Waals surface area contributed by atoms with Crippen molar-refractivity contribution in [2.45, 2.75) is 38.1 Å². The van der Waals surface area contributed by atoms with Gasteiger partial charge in [-0.25, -0.2) is 4.39 Å². The van der Waals surface area contributed by atoms with E-state index in [4.69, 9.17) is 26.1 Å². The van der Waals surface area contributed by atoms with Crippen LogP contribution in [0.3, 0.4) is 0 Å². The number of hydroxylamine groups is 2. The highest BCUT2D eigenvalue weighted by Crippen LogP contribution is 2.32. The molecule has 1 saturated heterocycles. The van der Waals surface area contributed by atoms with Crippen molar-refractivity contribution in [1.82, 2.24) is 10.2 Å². The number of Topliss-reactive ketones (excluding diaryl/α,β-unsaturated/α-hetero) is 1. The van der Waals surface area contributed by atoms with Gasteiger partial charge in [-0.15, -0.1) is 11.3 Å². The molecule has 12 heteroatoms. The maximum absolute atomic E-state index is 14.9. The Morgan fingerprint density at radius 3 is 2.90 bits per heavy atom. The average molecular weight is 586 g/mol. The second-order valence-electron chi connectivity index (χ2n) is 9.42. The molecule has 2 aromatic carbocycles. The molecular weight excluding hydrogens is 561 g/mol. The van der Waals surface area contributed by atoms with E-state index in [0.717, 1.165) is 29.0 Å². The average Bonchev–Trinajstić information content (AvgIpc) is 3.68. The van der Waals surface area contributed by atoms with Crippen LogP contribution in [0.5, 0.6) is 0 Å². The van der Waals surface area contributed by atoms with Gasteiger partial charge in [-0.3, -0.25) is 19.2 Å². The van der Waals surface area contributed by atoms with Gasteiger partial charge in [-0.2, -0.15) is 5.06 Å². The largest absolute Gasteiger partial charge is 0.481 e. The summed E-state index contributed by atoms with van der Waals surface area (Å²) in [5, 5.41) is 19.8. The first-order valence-corrected chi connectivity index (χ1v) is 13.9. The van der Waals surface area contributed by atoms with Crippen LogP contribution in [0, 0.1) is 5.82 Å². The van der Waals surface area contributed by atoms with E-state index >= 15 is 0 Å². The lowest BCUT2D eigenvalue weighted by atomic mass is 10.1. The first-order valence-electron chi connectivity index (χ1n) is 12.6. The zero-order valence-corrected chi connectivity index (χ0v) is 22.8. The van der Waals surface area contributed by atoms with Crippen LogP contribution >= 0.6 is 22.9 Å². The van der Waals surface area contributed by atoms with Crippen molar-refractivity contribution in [1.29, 1.82) is 0 Å². The molecule has 0 radical (unpaired) electrons. The summed E-state index contributed by atoms with van der Waals surface area (Å²) in [6, 6.07) is 11.4. The Morgan fingerprint density at radius 1 is 1.25 bits per heavy atom. The molecule has 1 fully saturated rings. The molecule has 1 aliphatic heterocycles. The minimum absolute atomic E-state index is 0.0618. The van der Waals surface area contributed by atoms with Crippen LogP contribution in [0.15, 0.2) is 52.4 Å². The van der Waals surface area contributed by atoms with E-state index in [-0.39, 0.29) is 54.0 Å². The normalized spacial score (nSPS) is 15.5. The molecule has 9 nitrogen and oxygen atoms in total. The molecule has 0 saturated carbocycles. The number of fused-ring (bicyclic) bond motifs is 1. The highest BCUT2D eigenvalue weighted by atomic mass is 35.5. The van der Waals surface area contributed by atoms with Crippen LogP contribution in [0.4, 0.5) is 10.1 Å². The van der Waals surface area contributed by atoms with Crippen molar-refractivity contribution < 1.29 is 33.2 Å². The molecule has 5 rings (SSSR count). The van der Waals surface area contributed by atoms with E-state index < -0.39 is 17.7 Å². The van der Waals surface area contributed by atoms with E-state index in [1.54, 1.807) is 16.5 Å². The first kappa shape index (κ1) is 27.9. The Kier molecular flexibility index (Phi) is 8.55. The van der Waals surface area contributed by atoms with E-state index in [9.17, 15) is 18.8 Å². The Hall–Kier alpha value is -3.64. The summed E-state index contributed by atoms with van der Waals surface area (Å²) in [6.07, 6.45) is 1.48. The number of nitrogens with one attached hydrogen (secondary N) is 1. The number of hydrogen-bond acceptors (Lipinski definition) is 8. The molecule has 4 aromatic rings. The summed E-state index contributed by atoms with van der Waals surface area (Å²) in [6.45, 7) is 0.296. The van der Waals surface area contributed by atoms with Crippen molar-refractivity contribution in [3.05, 3.63) is 81.3 Å². The number of carboxylic acid groups (broad SMARTS) is 1. The van der Waals surface area contributed by atoms with Gasteiger partial charge in [0.25, 0.3) is 5.91 Å². The van der Waals surface area contributed by atoms with Gasteiger partial charge in [0.15, 0.2) is 5.78 Å². The lowest BCUT2D eigenvalue weighted by Crippen LogP contribution is -2.27. The number of rotatable bonds is 11. The number of nitrogens with zero attached hydrogens (tertiary/aromatic N) is 2. The molecule has 2 aromatic heterocycles. The van der Waals surface area contributed by atoms with Crippen LogP contribution in [0.1, 0.15) is 52.7 Å². The Bertz CT molecular complexity index is 1570. The van der Waals surface area contributed by atoms with Gasteiger partial charge in [0.05, 0.1) is 28.7 Å². The predicted octanol–water partition coefficient (Wildman–Crippen LogP) is 5.83. The molecular formula is C28H25ClFN3O6S. The lowest BCUT2D eigenvalue weighted by molar-refractivity contribution is -0.177. The molecule has 3 heterocycles. The lowest BCUT2D eigenvalue weighted by Gasteiger charge is -2.21. The summed E-state index contributed by atoms with van der Waals surface area (Å²) >= 11 is 7.78. The standard InChI is InChI=1S/C28H25ClFN3O6S/c29-21-11-16(22(30)13-23(21)31-28(37)20-15-40-26-6-2-1-4-19(20)26)10-17(34)14-38-33-9-3-5-25(33)24-12-18(39-32-24)7-8-27(35)36/h1-2,4,6,11-13,15,25H,3,5,7-10,14H2,(H,31,37)(H,35,36)/t25-/m0/s1. The number of carboxylic acids is 1. The highest BCUT2D eigenvalue weighted by molar-refractivity contribution is 7.17. The minimum Gasteiger partial charge on any atom is -0.481 e. The number of aromatic nitrogens is 1. The third-order valence-electron chi connectivity index (χ3n) is 6.60. The molecule has 1 aliphatic rings. The van der Waals surface area contributed by atoms with E-state index in [2.05, 4.69) is 10.5 Å². The number of ketones is 1. The molecule has 2 N–H and O–H groups in total. The molecule has 0 unspecified atom stereocenters. The molecule has 40 heavy (non-hydrogen) atoms. The van der Waals surface area contributed by atoms with Crippen LogP contribution in [-0.2, 0) is 27.3 Å². The molecule has 1 atom stereocenters. The summed E-state index contributed by atoms with van der Waals surface area (Å²) in [5.41, 5.74) is 1.28. The maximum atomic E-state index is 14.9. The van der Waals surface area contributed by atoms with Gasteiger partial charge in [0.1, 0.15) is 23.9 Å². The van der Waals surface area contributed by atoms with E-state index in [1.807, 2.05) is 24.3 Å². The number of aliphatic carboxylic acids is 1. The topological polar surface area (TPSA) is 122 Å². The van der Waals surface area contributed by atoms with Crippen molar-refractivity contribution in [2.24, 2.45) is 0 Å². The number of anilines is 1. The molecule has 0 spiro atoms. The number of thiophene rings is 1. The van der Waals surface area contributed by atoms with Crippen LogP contribution in [0.2, 0.25) is 5.02 Å². The van der Waals surface area contributed by atoms with Gasteiger partial charge < -0.3 is 14.9 Å². The van der Waals surface area contributed by atoms with Gasteiger partial charge in [-0.1, -0.05) is 35.0 Å². The van der Waals surface area contributed by atoms with E-state index in [0.29, 0.717) is 23.6 Å². The predicted molar refractivity (Wildman–Crippen MR) is 147 cm³/mol. The second kappa shape index (κ2) is 12.3. The number of carbonyl (C=O) groups is 3. The Balaban J connectivity index is 1.17. The Labute approximate surface area is 237 Å². The molecule has 208 valence electrons. The van der Waals surface area contributed by atoms with Crippen LogP contribution < -0.4 is 5.32 Å². The van der Waals surface area contributed by atoms with Crippen LogP contribution in [0.25, 0.3) is 10.1 Å². The summed E-state index contributed by atoms with van der Waals surface area (Å²) in [7, 11) is 0. The zero-order valence-electron chi connectivity index (χ0n) is 21.2. The smallest absolute Gasteiger partial charge is 0.303 e. The monoisotopic (exact) mass is 585 g/mol. The summed E-state index contributed by atoms with van der Waals surface area (Å²) < 4.78 is 21.1. The zero-order chi connectivity index (χ0) is 28.2. The van der Waals surface area contributed by atoms with Crippen molar-refractivity contribution in [2.75, 3.05) is 18.5 Å². The fourth-order valence-corrected chi connectivity index (χ4v) is 5.78. The SMILES string of the molecule is O=C(O)CCc1cc([C@@H]2CCCN2OCC(=O)Cc2cc(Cl)c(NC(=O)c3csc4ccccc34)cc2F)no1. The van der Waals surface area contributed by atoms with Crippen molar-refractivity contribution in [3.63, 3.8) is 0 Å². The van der Waals surface area contributed by atoms with Crippen molar-refractivity contribution in [3.8, 4) is 0 Å². The second-order valence-corrected chi connectivity index (χ2v) is 10.7. The van der Waals surface area contributed by atoms with E-state index in [1.165, 1.54) is 17.4 Å². The fourth-order valence-electron chi connectivity index (χ4n) is 4.61. The third-order valence-corrected chi connectivity index (χ3v) is 7.87. The van der Waals surface area contributed by atoms with Crippen molar-refractivity contribution >= 4 is 56.4 Å². The number of halogens is 2. The molecule has 0 bridgehead atoms. The molecule has 0 aliphatic carbocycles. The first-order chi connectivity index (χ1) is 19.3. The Morgan fingerprint density at radius 2 is 2.08 bits per heavy atom. The number of carbonyl (C=O) groups excluding carboxylic acids is 2. The number of aryl methyl sites for hydroxylation is 1. The van der Waals surface area contributed by atoms with Gasteiger partial charge in [0.2, 0.25) is 0 Å². The minimum atomic E-state index is -0.925. The molecule has 1 amide bonds. The van der Waals surface area contributed by atoms with Gasteiger partial charge >= 0.3 is 5.97 Å². The maximum Gasteiger partial charge on any atom is 0.303 e. The van der Waals surface area contributed by atoms with Gasteiger partial charge in [0, 0.05) is 40.9 Å². The number of amides is 1. The van der Waals surface area contributed by atoms with Gasteiger partial charge in [-0.05, 0) is 36.6 Å². The summed E-state index contributed by atoms with van der Waals surface area (Å²) in [5.74, 6) is -1.89. The summed E-state index contributed by atoms with van der Waals surface area (Å²) in [4.78, 5) is 42.0. The third kappa shape index (κ3) is 6.39. The number of hydrogen-bond donors (Lipinski definition) is 2. The fraction of sp³-hybridized carbons (Fsp3) is 0.286. The highest BCUT2D eigenvalue weighted by Gasteiger charge is 2.30.